The summed E-state index contributed by atoms with van der Waals surface area (Å²) in [6.45, 7) is 7.49. The van der Waals surface area contributed by atoms with Crippen molar-refractivity contribution in [1.29, 1.82) is 0 Å². The van der Waals surface area contributed by atoms with Crippen LogP contribution in [0.4, 0.5) is 16.6 Å². The normalized spacial score (nSPS) is 21.2. The SMILES string of the molecule is C=CC(=O)NC1CCC[C@@H](Nc2cnc(C(N)=O)c(Nc3cc(C)ns3)n2)[C@H]1C. The number of nitrogens with zero attached hydrogens (tertiary/aromatic N) is 3. The van der Waals surface area contributed by atoms with Crippen molar-refractivity contribution in [3.8, 4) is 0 Å². The van der Waals surface area contributed by atoms with Gasteiger partial charge in [-0.2, -0.15) is 4.37 Å². The lowest BCUT2D eigenvalue weighted by molar-refractivity contribution is -0.117. The smallest absolute Gasteiger partial charge is 0.271 e. The molecule has 2 aromatic rings. The summed E-state index contributed by atoms with van der Waals surface area (Å²) in [6.07, 6.45) is 5.63. The van der Waals surface area contributed by atoms with Crippen LogP contribution in [-0.4, -0.2) is 38.2 Å². The summed E-state index contributed by atoms with van der Waals surface area (Å²) < 4.78 is 4.21. The molecule has 1 fully saturated rings. The van der Waals surface area contributed by atoms with Crippen molar-refractivity contribution in [1.82, 2.24) is 19.7 Å². The van der Waals surface area contributed by atoms with Crippen molar-refractivity contribution in [2.45, 2.75) is 45.2 Å². The molecule has 1 aliphatic rings. The van der Waals surface area contributed by atoms with E-state index in [1.54, 1.807) is 0 Å². The molecule has 0 aromatic carbocycles. The maximum atomic E-state index is 11.7. The van der Waals surface area contributed by atoms with E-state index in [0.717, 1.165) is 30.0 Å². The second-order valence-electron chi connectivity index (χ2n) is 7.13. The third kappa shape index (κ3) is 5.08. The number of primary amides is 1. The van der Waals surface area contributed by atoms with E-state index in [2.05, 4.69) is 43.8 Å². The number of carbonyl (C=O) groups excluding carboxylic acids is 2. The van der Waals surface area contributed by atoms with E-state index in [4.69, 9.17) is 5.73 Å². The Labute approximate surface area is 173 Å². The number of hydrogen-bond donors (Lipinski definition) is 4. The summed E-state index contributed by atoms with van der Waals surface area (Å²) in [6, 6.07) is 2.02. The maximum absolute atomic E-state index is 11.7. The molecule has 3 atom stereocenters. The van der Waals surface area contributed by atoms with Gasteiger partial charge in [0.05, 0.1) is 11.9 Å². The Kier molecular flexibility index (Phi) is 6.42. The topological polar surface area (TPSA) is 135 Å². The molecule has 1 aliphatic carbocycles. The van der Waals surface area contributed by atoms with Crippen molar-refractivity contribution < 1.29 is 9.59 Å². The molecule has 0 radical (unpaired) electrons. The third-order valence-electron chi connectivity index (χ3n) is 5.02. The average Bonchev–Trinajstić information content (AvgIpc) is 3.09. The number of carbonyl (C=O) groups is 2. The zero-order chi connectivity index (χ0) is 21.0. The zero-order valence-corrected chi connectivity index (χ0v) is 17.3. The Hall–Kier alpha value is -3.01. The highest BCUT2D eigenvalue weighted by Gasteiger charge is 2.31. The summed E-state index contributed by atoms with van der Waals surface area (Å²) in [7, 11) is 0. The average molecular weight is 416 g/mol. The van der Waals surface area contributed by atoms with Crippen LogP contribution in [0.3, 0.4) is 0 Å². The van der Waals surface area contributed by atoms with Gasteiger partial charge in [-0.25, -0.2) is 9.97 Å². The molecule has 9 nitrogen and oxygen atoms in total. The number of aryl methyl sites for hydroxylation is 1. The third-order valence-corrected chi connectivity index (χ3v) is 5.82. The van der Waals surface area contributed by atoms with E-state index in [0.29, 0.717) is 5.82 Å². The first-order valence-corrected chi connectivity index (χ1v) is 10.2. The number of nitrogens with one attached hydrogen (secondary N) is 3. The predicted molar refractivity (Wildman–Crippen MR) is 113 cm³/mol. The number of anilines is 3. The molecule has 10 heteroatoms. The molecule has 5 N–H and O–H groups in total. The fourth-order valence-corrected chi connectivity index (χ4v) is 4.13. The van der Waals surface area contributed by atoms with Crippen molar-refractivity contribution in [2.24, 2.45) is 11.7 Å². The van der Waals surface area contributed by atoms with Gasteiger partial charge >= 0.3 is 0 Å². The minimum absolute atomic E-state index is 0.0577. The van der Waals surface area contributed by atoms with E-state index >= 15 is 0 Å². The van der Waals surface area contributed by atoms with E-state index < -0.39 is 5.91 Å². The molecule has 2 amide bonds. The monoisotopic (exact) mass is 415 g/mol. The molecule has 2 heterocycles. The lowest BCUT2D eigenvalue weighted by Crippen LogP contribution is -2.48. The molecule has 2 aromatic heterocycles. The van der Waals surface area contributed by atoms with E-state index in [1.165, 1.54) is 23.8 Å². The number of rotatable bonds is 7. The summed E-state index contributed by atoms with van der Waals surface area (Å²) in [4.78, 5) is 32.1. The van der Waals surface area contributed by atoms with Gasteiger partial charge in [-0.05, 0) is 55.8 Å². The molecular formula is C19H25N7O2S. The van der Waals surface area contributed by atoms with E-state index in [9.17, 15) is 9.59 Å². The second-order valence-corrected chi connectivity index (χ2v) is 7.94. The molecule has 0 bridgehead atoms. The summed E-state index contributed by atoms with van der Waals surface area (Å²) in [5.41, 5.74) is 6.37. The lowest BCUT2D eigenvalue weighted by Gasteiger charge is -2.37. The molecule has 3 rings (SSSR count). The lowest BCUT2D eigenvalue weighted by atomic mass is 9.81. The van der Waals surface area contributed by atoms with Crippen LogP contribution in [0.15, 0.2) is 24.9 Å². The van der Waals surface area contributed by atoms with Crippen LogP contribution in [0.25, 0.3) is 0 Å². The van der Waals surface area contributed by atoms with Crippen LogP contribution in [-0.2, 0) is 4.79 Å². The molecule has 29 heavy (non-hydrogen) atoms. The van der Waals surface area contributed by atoms with E-state index in [1.807, 2.05) is 13.0 Å². The van der Waals surface area contributed by atoms with Crippen LogP contribution in [0.1, 0.15) is 42.4 Å². The van der Waals surface area contributed by atoms with Gasteiger partial charge in [0.25, 0.3) is 5.91 Å². The van der Waals surface area contributed by atoms with Gasteiger partial charge in [-0.15, -0.1) is 0 Å². The van der Waals surface area contributed by atoms with Gasteiger partial charge in [-0.3, -0.25) is 9.59 Å². The van der Waals surface area contributed by atoms with Gasteiger partial charge in [-0.1, -0.05) is 13.5 Å². The predicted octanol–water partition coefficient (Wildman–Crippen LogP) is 2.36. The number of hydrogen-bond acceptors (Lipinski definition) is 8. The summed E-state index contributed by atoms with van der Waals surface area (Å²) >= 11 is 1.27. The number of amides is 2. The van der Waals surface area contributed by atoms with Crippen LogP contribution < -0.4 is 21.7 Å². The Bertz CT molecular complexity index is 914. The van der Waals surface area contributed by atoms with Crippen LogP contribution in [0, 0.1) is 12.8 Å². The van der Waals surface area contributed by atoms with E-state index in [-0.39, 0.29) is 35.4 Å². The van der Waals surface area contributed by atoms with Crippen LogP contribution in [0.2, 0.25) is 0 Å². The molecule has 0 aliphatic heterocycles. The highest BCUT2D eigenvalue weighted by atomic mass is 32.1. The fourth-order valence-electron chi connectivity index (χ4n) is 3.47. The molecule has 0 saturated heterocycles. The Balaban J connectivity index is 1.77. The second kappa shape index (κ2) is 8.99. The zero-order valence-electron chi connectivity index (χ0n) is 16.4. The van der Waals surface area contributed by atoms with Crippen molar-refractivity contribution in [3.05, 3.63) is 36.3 Å². The largest absolute Gasteiger partial charge is 0.366 e. The molecule has 154 valence electrons. The highest BCUT2D eigenvalue weighted by molar-refractivity contribution is 7.10. The van der Waals surface area contributed by atoms with Crippen LogP contribution >= 0.6 is 11.5 Å². The summed E-state index contributed by atoms with van der Waals surface area (Å²) in [5.74, 6) is 0.175. The van der Waals surface area contributed by atoms with Gasteiger partial charge in [0.1, 0.15) is 10.8 Å². The van der Waals surface area contributed by atoms with Gasteiger partial charge in [0.2, 0.25) is 5.91 Å². The number of aromatic nitrogens is 3. The quantitative estimate of drug-likeness (QED) is 0.510. The highest BCUT2D eigenvalue weighted by Crippen LogP contribution is 2.28. The maximum Gasteiger partial charge on any atom is 0.271 e. The Morgan fingerprint density at radius 1 is 1.34 bits per heavy atom. The first-order valence-electron chi connectivity index (χ1n) is 9.44. The Morgan fingerprint density at radius 3 is 2.76 bits per heavy atom. The van der Waals surface area contributed by atoms with Crippen LogP contribution in [0.5, 0.6) is 0 Å². The van der Waals surface area contributed by atoms with Crippen molar-refractivity contribution in [3.63, 3.8) is 0 Å². The standard InChI is InChI=1S/C19H25N7O2S/c1-4-15(27)23-13-7-5-6-12(11(13)3)22-14-9-21-17(18(20)28)19(24-14)25-16-8-10(2)26-29-16/h4,8-9,11-13H,1,5-7H2,2-3H3,(H2,20,28)(H,23,27)(H2,22,24,25)/t11-,12-,13?/m1/s1. The summed E-state index contributed by atoms with van der Waals surface area (Å²) in [5, 5.41) is 10.2. The first kappa shape index (κ1) is 20.7. The minimum Gasteiger partial charge on any atom is -0.366 e. The fraction of sp³-hybridized carbons (Fsp3) is 0.421. The number of nitrogens with two attached hydrogens (primary N) is 1. The molecule has 1 saturated carbocycles. The van der Waals surface area contributed by atoms with Crippen molar-refractivity contribution >= 4 is 40.0 Å². The molecular weight excluding hydrogens is 390 g/mol. The molecule has 0 spiro atoms. The molecule has 1 unspecified atom stereocenters. The van der Waals surface area contributed by atoms with Crippen molar-refractivity contribution in [2.75, 3.05) is 10.6 Å². The first-order chi connectivity index (χ1) is 13.9. The Morgan fingerprint density at radius 2 is 2.10 bits per heavy atom. The minimum atomic E-state index is -0.661. The van der Waals surface area contributed by atoms with Gasteiger partial charge in [0, 0.05) is 12.1 Å². The van der Waals surface area contributed by atoms with Gasteiger partial charge in [0.15, 0.2) is 11.5 Å². The van der Waals surface area contributed by atoms with Gasteiger partial charge < -0.3 is 21.7 Å².